The molecule has 0 fully saturated rings. The molecule has 6 aromatic carbocycles. The molecule has 0 unspecified atom stereocenters. The van der Waals surface area contributed by atoms with Crippen molar-refractivity contribution in [3.05, 3.63) is 164 Å². The van der Waals surface area contributed by atoms with E-state index in [2.05, 4.69) is 164 Å². The second-order valence-corrected chi connectivity index (χ2v) is 13.2. The minimum atomic E-state index is -0.704. The molecule has 0 radical (unpaired) electrons. The van der Waals surface area contributed by atoms with Gasteiger partial charge in [0, 0.05) is 0 Å². The fraction of sp³-hybridized carbons (Fsp3) is 0. The lowest BCUT2D eigenvalue weighted by Crippen LogP contribution is -2.24. The summed E-state index contributed by atoms with van der Waals surface area (Å²) < 4.78 is 0. The first kappa shape index (κ1) is 23.7. The van der Waals surface area contributed by atoms with Crippen LogP contribution in [0.4, 0.5) is 0 Å². The Hall–Kier alpha value is -3.69. The quantitative estimate of drug-likeness (QED) is 0.168. The Labute approximate surface area is 222 Å². The largest absolute Gasteiger partial charge is 0.167 e. The van der Waals surface area contributed by atoms with E-state index < -0.39 is 15.8 Å². The molecule has 178 valence electrons. The molecule has 0 atom stereocenters. The van der Waals surface area contributed by atoms with Crippen molar-refractivity contribution >= 4 is 47.7 Å². The van der Waals surface area contributed by atoms with Crippen LogP contribution in [0, 0.1) is 0 Å². The third-order valence-electron chi connectivity index (χ3n) is 6.53. The van der Waals surface area contributed by atoms with Crippen molar-refractivity contribution in [2.45, 2.75) is 0 Å². The molecule has 37 heavy (non-hydrogen) atoms. The van der Waals surface area contributed by atoms with Crippen LogP contribution in [0.15, 0.2) is 164 Å². The van der Waals surface area contributed by atoms with Crippen molar-refractivity contribution in [3.8, 4) is 11.1 Å². The summed E-state index contributed by atoms with van der Waals surface area (Å²) in [5.41, 5.74) is 2.68. The highest BCUT2D eigenvalue weighted by atomic mass is 31.1. The molecule has 0 aromatic heterocycles. The monoisotopic (exact) mass is 509 g/mol. The van der Waals surface area contributed by atoms with Gasteiger partial charge in [-0.3, -0.25) is 0 Å². The molecule has 0 spiro atoms. The van der Waals surface area contributed by atoms with E-state index in [0.717, 1.165) is 0 Å². The minimum Gasteiger partial charge on any atom is -0.167 e. The van der Waals surface area contributed by atoms with E-state index in [4.69, 9.17) is 0 Å². The standard InChI is InChI=1S/C35H27P2/c1-5-16-28(17-6-1)36(29-18-7-2-8-19-29)34-26-14-13-24-32(34)33-25-15-27-35(33)37(30-20-9-3-10-21-30)31-22-11-4-12-23-31/h1-27H/q-1. The van der Waals surface area contributed by atoms with Crippen LogP contribution in [-0.2, 0) is 0 Å². The zero-order chi connectivity index (χ0) is 24.9. The van der Waals surface area contributed by atoms with Crippen molar-refractivity contribution in [2.75, 3.05) is 0 Å². The fourth-order valence-electron chi connectivity index (χ4n) is 4.89. The molecule has 0 saturated heterocycles. The van der Waals surface area contributed by atoms with E-state index >= 15 is 0 Å². The fourth-order valence-corrected chi connectivity index (χ4v) is 9.82. The zero-order valence-corrected chi connectivity index (χ0v) is 22.3. The average molecular weight is 510 g/mol. The van der Waals surface area contributed by atoms with E-state index in [0.29, 0.717) is 0 Å². The van der Waals surface area contributed by atoms with Gasteiger partial charge in [0.25, 0.3) is 0 Å². The average Bonchev–Trinajstić information content (AvgIpc) is 3.45. The van der Waals surface area contributed by atoms with Gasteiger partial charge in [0.2, 0.25) is 0 Å². The van der Waals surface area contributed by atoms with E-state index in [1.54, 1.807) is 0 Å². The third-order valence-corrected chi connectivity index (χ3v) is 11.5. The summed E-state index contributed by atoms with van der Waals surface area (Å²) >= 11 is 0. The summed E-state index contributed by atoms with van der Waals surface area (Å²) in [4.78, 5) is 0. The second-order valence-electron chi connectivity index (χ2n) is 8.85. The van der Waals surface area contributed by atoms with Crippen LogP contribution in [0.1, 0.15) is 0 Å². The highest BCUT2D eigenvalue weighted by molar-refractivity contribution is 7.80. The Morgan fingerprint density at radius 2 is 0.730 bits per heavy atom. The number of hydrogen-bond acceptors (Lipinski definition) is 0. The first-order valence-corrected chi connectivity index (χ1v) is 15.2. The van der Waals surface area contributed by atoms with Gasteiger partial charge in [-0.05, 0) is 34.4 Å². The minimum absolute atomic E-state index is 0.686. The summed E-state index contributed by atoms with van der Waals surface area (Å²) in [5, 5.41) is 8.31. The Balaban J connectivity index is 1.55. The van der Waals surface area contributed by atoms with Crippen LogP contribution >= 0.6 is 15.8 Å². The lowest BCUT2D eigenvalue weighted by molar-refractivity contribution is 1.72. The van der Waals surface area contributed by atoms with Crippen molar-refractivity contribution in [3.63, 3.8) is 0 Å². The Morgan fingerprint density at radius 1 is 0.351 bits per heavy atom. The molecular weight excluding hydrogens is 482 g/mol. The maximum atomic E-state index is 2.34. The van der Waals surface area contributed by atoms with E-state index in [1.165, 1.54) is 43.0 Å². The first-order chi connectivity index (χ1) is 18.4. The number of hydrogen-bond donors (Lipinski definition) is 0. The lowest BCUT2D eigenvalue weighted by Gasteiger charge is -2.29. The van der Waals surface area contributed by atoms with Crippen molar-refractivity contribution in [1.82, 2.24) is 0 Å². The van der Waals surface area contributed by atoms with Crippen LogP contribution in [0.3, 0.4) is 0 Å². The predicted octanol–water partition coefficient (Wildman–Crippen LogP) is 6.59. The second kappa shape index (κ2) is 11.1. The van der Waals surface area contributed by atoms with Gasteiger partial charge in [-0.2, -0.15) is 12.1 Å². The van der Waals surface area contributed by atoms with Crippen molar-refractivity contribution in [2.24, 2.45) is 0 Å². The van der Waals surface area contributed by atoms with Crippen molar-refractivity contribution < 1.29 is 0 Å². The highest BCUT2D eigenvalue weighted by Crippen LogP contribution is 2.41. The van der Waals surface area contributed by atoms with Crippen LogP contribution in [-0.4, -0.2) is 0 Å². The Morgan fingerprint density at radius 3 is 1.19 bits per heavy atom. The van der Waals surface area contributed by atoms with E-state index in [-0.39, 0.29) is 0 Å². The molecule has 0 bridgehead atoms. The summed E-state index contributed by atoms with van der Waals surface area (Å²) in [6.07, 6.45) is 0. The highest BCUT2D eigenvalue weighted by Gasteiger charge is 2.20. The smallest absolute Gasteiger partial charge is 0.0158 e. The molecular formula is C35H27P2-. The zero-order valence-electron chi connectivity index (χ0n) is 20.5. The molecule has 0 N–H and O–H groups in total. The van der Waals surface area contributed by atoms with Gasteiger partial charge in [0.1, 0.15) is 0 Å². The molecule has 0 nitrogen and oxygen atoms in total. The van der Waals surface area contributed by atoms with Gasteiger partial charge >= 0.3 is 0 Å². The van der Waals surface area contributed by atoms with E-state index in [9.17, 15) is 0 Å². The summed E-state index contributed by atoms with van der Waals surface area (Å²) in [6.45, 7) is 0. The molecule has 0 aliphatic rings. The van der Waals surface area contributed by atoms with Crippen LogP contribution < -0.4 is 31.8 Å². The maximum absolute atomic E-state index is 2.34. The molecule has 2 heteroatoms. The molecule has 0 amide bonds. The Bertz CT molecular complexity index is 1480. The van der Waals surface area contributed by atoms with Crippen molar-refractivity contribution in [1.29, 1.82) is 0 Å². The molecule has 0 aliphatic heterocycles. The number of rotatable bonds is 7. The van der Waals surface area contributed by atoms with Gasteiger partial charge in [-0.1, -0.05) is 159 Å². The SMILES string of the molecule is c1ccc(P(c2ccccc2)c2ccccc2-c2[cH-]ccc2P(c2ccccc2)c2ccccc2)cc1. The lowest BCUT2D eigenvalue weighted by atomic mass is 10.1. The molecule has 6 rings (SSSR count). The predicted molar refractivity (Wildman–Crippen MR) is 165 cm³/mol. The normalized spacial score (nSPS) is 11.2. The third kappa shape index (κ3) is 4.97. The summed E-state index contributed by atoms with van der Waals surface area (Å²) in [7, 11) is -1.39. The first-order valence-electron chi connectivity index (χ1n) is 12.6. The molecule has 6 aromatic rings. The van der Waals surface area contributed by atoms with Gasteiger partial charge < -0.3 is 0 Å². The van der Waals surface area contributed by atoms with Gasteiger partial charge in [0.15, 0.2) is 0 Å². The number of benzene rings is 5. The summed E-state index contributed by atoms with van der Waals surface area (Å²) in [6, 6.07) is 59.9. The van der Waals surface area contributed by atoms with Crippen LogP contribution in [0.5, 0.6) is 0 Å². The maximum Gasteiger partial charge on any atom is -0.0158 e. The summed E-state index contributed by atoms with van der Waals surface area (Å²) in [5.74, 6) is 0. The Kier molecular flexibility index (Phi) is 7.14. The van der Waals surface area contributed by atoms with E-state index in [1.807, 2.05) is 0 Å². The molecule has 0 saturated carbocycles. The van der Waals surface area contributed by atoms with Gasteiger partial charge in [0.05, 0.1) is 0 Å². The molecule has 0 heterocycles. The molecule has 0 aliphatic carbocycles. The van der Waals surface area contributed by atoms with Crippen LogP contribution in [0.2, 0.25) is 0 Å². The van der Waals surface area contributed by atoms with Crippen LogP contribution in [0.25, 0.3) is 11.1 Å². The topological polar surface area (TPSA) is 0 Å². The van der Waals surface area contributed by atoms with Gasteiger partial charge in [-0.15, -0.1) is 16.9 Å². The van der Waals surface area contributed by atoms with Gasteiger partial charge in [-0.25, -0.2) is 0 Å².